The van der Waals surface area contributed by atoms with Gasteiger partial charge in [0.05, 0.1) is 11.4 Å². The van der Waals surface area contributed by atoms with Crippen LogP contribution in [-0.4, -0.2) is 25.5 Å². The third-order valence-corrected chi connectivity index (χ3v) is 6.39. The zero-order valence-corrected chi connectivity index (χ0v) is 17.9. The molecular weight excluding hydrogens is 384 g/mol. The smallest absolute Gasteiger partial charge is 0.0567 e. The van der Waals surface area contributed by atoms with Gasteiger partial charge < -0.3 is 9.80 Å². The van der Waals surface area contributed by atoms with Crippen LogP contribution in [0.25, 0.3) is 0 Å². The van der Waals surface area contributed by atoms with Crippen molar-refractivity contribution in [3.63, 3.8) is 0 Å². The molecule has 0 N–H and O–H groups in total. The fourth-order valence-electron chi connectivity index (χ4n) is 3.77. The summed E-state index contributed by atoms with van der Waals surface area (Å²) in [7, 11) is 4.25. The molecular formula is C24H25ClN2S. The average Bonchev–Trinajstić information content (AvgIpc) is 2.68. The molecule has 0 saturated carbocycles. The normalized spacial score (nSPS) is 12.8. The zero-order chi connectivity index (χ0) is 19.5. The summed E-state index contributed by atoms with van der Waals surface area (Å²) >= 11 is 8.16. The van der Waals surface area contributed by atoms with Crippen LogP contribution in [0.2, 0.25) is 5.02 Å². The van der Waals surface area contributed by atoms with E-state index in [1.54, 1.807) is 0 Å². The van der Waals surface area contributed by atoms with Gasteiger partial charge in [0, 0.05) is 27.9 Å². The Morgan fingerprint density at radius 2 is 1.57 bits per heavy atom. The van der Waals surface area contributed by atoms with Gasteiger partial charge in [-0.2, -0.15) is 0 Å². The summed E-state index contributed by atoms with van der Waals surface area (Å²) < 4.78 is 0. The molecule has 144 valence electrons. The lowest BCUT2D eigenvalue weighted by Crippen LogP contribution is -2.22. The predicted molar refractivity (Wildman–Crippen MR) is 121 cm³/mol. The fourth-order valence-corrected chi connectivity index (χ4v) is 5.01. The fraction of sp³-hybridized carbons (Fsp3) is 0.250. The lowest BCUT2D eigenvalue weighted by molar-refractivity contribution is 0.401. The Bertz CT molecular complexity index is 970. The van der Waals surface area contributed by atoms with E-state index in [1.165, 1.54) is 32.3 Å². The van der Waals surface area contributed by atoms with E-state index in [-0.39, 0.29) is 0 Å². The summed E-state index contributed by atoms with van der Waals surface area (Å²) in [5.74, 6) is 0. The number of fused-ring (bicyclic) bond motifs is 2. The summed E-state index contributed by atoms with van der Waals surface area (Å²) in [5, 5.41) is 0.792. The largest absolute Gasteiger partial charge is 0.340 e. The lowest BCUT2D eigenvalue weighted by atomic mass is 10.0. The Balaban J connectivity index is 1.55. The van der Waals surface area contributed by atoms with Gasteiger partial charge in [0.25, 0.3) is 0 Å². The van der Waals surface area contributed by atoms with Gasteiger partial charge in [-0.05, 0) is 68.4 Å². The number of aryl methyl sites for hydroxylation is 1. The van der Waals surface area contributed by atoms with Crippen molar-refractivity contribution < 1.29 is 0 Å². The molecule has 0 atom stereocenters. The minimum Gasteiger partial charge on any atom is -0.340 e. The summed E-state index contributed by atoms with van der Waals surface area (Å²) in [5.41, 5.74) is 5.37. The van der Waals surface area contributed by atoms with Gasteiger partial charge in [0.2, 0.25) is 0 Å². The molecule has 0 spiro atoms. The van der Waals surface area contributed by atoms with E-state index in [1.807, 2.05) is 17.8 Å². The first-order valence-corrected chi connectivity index (χ1v) is 10.9. The van der Waals surface area contributed by atoms with Crippen LogP contribution in [0.1, 0.15) is 17.5 Å². The quantitative estimate of drug-likeness (QED) is 0.451. The highest BCUT2D eigenvalue weighted by Gasteiger charge is 2.23. The molecule has 0 aliphatic carbocycles. The molecule has 2 nitrogen and oxygen atoms in total. The van der Waals surface area contributed by atoms with Gasteiger partial charge >= 0.3 is 0 Å². The second-order valence-corrected chi connectivity index (χ2v) is 8.96. The molecule has 0 radical (unpaired) electrons. The predicted octanol–water partition coefficient (Wildman–Crippen LogP) is 6.64. The van der Waals surface area contributed by atoms with Gasteiger partial charge in [0.15, 0.2) is 0 Å². The molecule has 0 fully saturated rings. The van der Waals surface area contributed by atoms with Crippen LogP contribution in [0.3, 0.4) is 0 Å². The highest BCUT2D eigenvalue weighted by Crippen LogP contribution is 2.48. The van der Waals surface area contributed by atoms with Crippen molar-refractivity contribution in [1.82, 2.24) is 4.90 Å². The van der Waals surface area contributed by atoms with Gasteiger partial charge in [-0.25, -0.2) is 0 Å². The van der Waals surface area contributed by atoms with Gasteiger partial charge in [0.1, 0.15) is 0 Å². The van der Waals surface area contributed by atoms with Crippen LogP contribution in [-0.2, 0) is 13.0 Å². The van der Waals surface area contributed by atoms with Crippen LogP contribution in [0.4, 0.5) is 11.4 Å². The van der Waals surface area contributed by atoms with Crippen LogP contribution in [0.15, 0.2) is 76.5 Å². The number of hydrogen-bond donors (Lipinski definition) is 0. The first kappa shape index (κ1) is 19.4. The van der Waals surface area contributed by atoms with Crippen molar-refractivity contribution in [2.24, 2.45) is 0 Å². The maximum Gasteiger partial charge on any atom is 0.0567 e. The first-order chi connectivity index (χ1) is 13.6. The second kappa shape index (κ2) is 8.60. The molecule has 0 aromatic heterocycles. The molecule has 3 aromatic carbocycles. The molecule has 0 bridgehead atoms. The highest BCUT2D eigenvalue weighted by atomic mass is 35.5. The molecule has 4 heteroatoms. The van der Waals surface area contributed by atoms with Gasteiger partial charge in [-0.1, -0.05) is 59.8 Å². The van der Waals surface area contributed by atoms with E-state index in [2.05, 4.69) is 84.6 Å². The molecule has 28 heavy (non-hydrogen) atoms. The third-order valence-electron chi connectivity index (χ3n) is 5.02. The molecule has 4 rings (SSSR count). The second-order valence-electron chi connectivity index (χ2n) is 7.44. The molecule has 1 aliphatic heterocycles. The van der Waals surface area contributed by atoms with Crippen LogP contribution in [0, 0.1) is 0 Å². The maximum absolute atomic E-state index is 6.33. The van der Waals surface area contributed by atoms with Crippen LogP contribution >= 0.6 is 23.4 Å². The van der Waals surface area contributed by atoms with E-state index in [0.29, 0.717) is 0 Å². The van der Waals surface area contributed by atoms with Crippen LogP contribution < -0.4 is 4.90 Å². The zero-order valence-electron chi connectivity index (χ0n) is 16.4. The topological polar surface area (TPSA) is 6.48 Å². The van der Waals surface area contributed by atoms with E-state index in [0.717, 1.165) is 31.0 Å². The Labute approximate surface area is 177 Å². The van der Waals surface area contributed by atoms with Crippen LogP contribution in [0.5, 0.6) is 0 Å². The van der Waals surface area contributed by atoms with Crippen molar-refractivity contribution in [2.75, 3.05) is 25.5 Å². The van der Waals surface area contributed by atoms with E-state index in [4.69, 9.17) is 11.6 Å². The number of hydrogen-bond acceptors (Lipinski definition) is 3. The van der Waals surface area contributed by atoms with Crippen molar-refractivity contribution >= 4 is 34.7 Å². The minimum absolute atomic E-state index is 0.792. The Morgan fingerprint density at radius 1 is 0.857 bits per heavy atom. The van der Waals surface area contributed by atoms with E-state index < -0.39 is 0 Å². The lowest BCUT2D eigenvalue weighted by Gasteiger charge is -2.33. The highest BCUT2D eigenvalue weighted by molar-refractivity contribution is 7.99. The monoisotopic (exact) mass is 408 g/mol. The van der Waals surface area contributed by atoms with Gasteiger partial charge in [-0.3, -0.25) is 0 Å². The van der Waals surface area contributed by atoms with Crippen molar-refractivity contribution in [2.45, 2.75) is 29.2 Å². The molecule has 3 aromatic rings. The summed E-state index contributed by atoms with van der Waals surface area (Å²) in [6, 6.07) is 23.7. The number of benzene rings is 3. The van der Waals surface area contributed by atoms with E-state index in [9.17, 15) is 0 Å². The average molecular weight is 409 g/mol. The number of anilines is 2. The summed E-state index contributed by atoms with van der Waals surface area (Å²) in [6.45, 7) is 1.96. The standard InChI is InChI=1S/C24H25ClN2S/c1-26(2)17-19-9-4-3-8-18(19)10-7-15-27-21-11-5-6-12-23(21)28-24-14-13-20(25)16-22(24)27/h3-6,8-9,11-14,16H,7,10,15,17H2,1-2H3. The molecule has 1 heterocycles. The first-order valence-electron chi connectivity index (χ1n) is 9.67. The SMILES string of the molecule is CN(C)Cc1ccccc1CCCN1c2ccccc2Sc2ccc(Cl)cc21. The van der Waals surface area contributed by atoms with E-state index >= 15 is 0 Å². The number of nitrogens with zero attached hydrogens (tertiary/aromatic N) is 2. The maximum atomic E-state index is 6.33. The van der Waals surface area contributed by atoms with Crippen molar-refractivity contribution in [1.29, 1.82) is 0 Å². The van der Waals surface area contributed by atoms with Crippen molar-refractivity contribution in [3.8, 4) is 0 Å². The van der Waals surface area contributed by atoms with Crippen molar-refractivity contribution in [3.05, 3.63) is 82.9 Å². The summed E-state index contributed by atoms with van der Waals surface area (Å²) in [4.78, 5) is 7.25. The minimum atomic E-state index is 0.792. The molecule has 0 amide bonds. The number of para-hydroxylation sites is 1. The Kier molecular flexibility index (Phi) is 5.96. The molecule has 0 unspecified atom stereocenters. The summed E-state index contributed by atoms with van der Waals surface area (Å²) in [6.07, 6.45) is 2.17. The number of halogens is 1. The number of rotatable bonds is 6. The third kappa shape index (κ3) is 4.22. The molecule has 1 aliphatic rings. The van der Waals surface area contributed by atoms with Gasteiger partial charge in [-0.15, -0.1) is 0 Å². The Morgan fingerprint density at radius 3 is 2.39 bits per heavy atom. The Hall–Kier alpha value is -1.94. The molecule has 0 saturated heterocycles.